The van der Waals surface area contributed by atoms with E-state index in [1.807, 2.05) is 38.1 Å². The lowest BCUT2D eigenvalue weighted by molar-refractivity contribution is 0.509. The number of aromatic nitrogens is 4. The fraction of sp³-hybridized carbons (Fsp3) is 0.200. The van der Waals surface area contributed by atoms with Crippen LogP contribution in [0.1, 0.15) is 23.6 Å². The maximum Gasteiger partial charge on any atom is 0.247 e. The summed E-state index contributed by atoms with van der Waals surface area (Å²) in [4.78, 5) is 8.36. The van der Waals surface area contributed by atoms with Crippen LogP contribution in [0.15, 0.2) is 52.3 Å². The van der Waals surface area contributed by atoms with Crippen molar-refractivity contribution in [3.8, 4) is 11.5 Å². The second kappa shape index (κ2) is 6.05. The van der Waals surface area contributed by atoms with Gasteiger partial charge in [0, 0.05) is 18.0 Å². The zero-order chi connectivity index (χ0) is 14.7. The van der Waals surface area contributed by atoms with Gasteiger partial charge in [-0.3, -0.25) is 0 Å². The number of thioether (sulfide) groups is 1. The van der Waals surface area contributed by atoms with Crippen molar-refractivity contribution in [3.63, 3.8) is 0 Å². The molecule has 0 saturated heterocycles. The summed E-state index contributed by atoms with van der Waals surface area (Å²) in [6.45, 7) is 4.04. The molecule has 0 bridgehead atoms. The van der Waals surface area contributed by atoms with Crippen LogP contribution in [-0.4, -0.2) is 20.2 Å². The van der Waals surface area contributed by atoms with Crippen molar-refractivity contribution in [2.24, 2.45) is 0 Å². The highest BCUT2D eigenvalue weighted by Gasteiger charge is 2.17. The molecule has 3 rings (SSSR count). The second-order valence-corrected chi connectivity index (χ2v) is 5.91. The van der Waals surface area contributed by atoms with Crippen LogP contribution in [-0.2, 0) is 0 Å². The smallest absolute Gasteiger partial charge is 0.247 e. The molecule has 0 spiro atoms. The van der Waals surface area contributed by atoms with Gasteiger partial charge in [-0.15, -0.1) is 10.2 Å². The van der Waals surface area contributed by atoms with Crippen molar-refractivity contribution in [2.45, 2.75) is 24.3 Å². The molecule has 6 heteroatoms. The Labute approximate surface area is 126 Å². The van der Waals surface area contributed by atoms with E-state index >= 15 is 0 Å². The molecule has 0 fully saturated rings. The first-order valence-electron chi connectivity index (χ1n) is 6.56. The summed E-state index contributed by atoms with van der Waals surface area (Å²) in [5.41, 5.74) is 2.12. The molecule has 0 aliphatic heterocycles. The van der Waals surface area contributed by atoms with Crippen LogP contribution in [0.3, 0.4) is 0 Å². The van der Waals surface area contributed by atoms with Crippen LogP contribution in [0.4, 0.5) is 0 Å². The molecule has 106 valence electrons. The maximum atomic E-state index is 5.74. The van der Waals surface area contributed by atoms with Gasteiger partial charge in [-0.25, -0.2) is 9.97 Å². The third-order valence-corrected chi connectivity index (χ3v) is 3.89. The normalized spacial score (nSPS) is 12.3. The van der Waals surface area contributed by atoms with Crippen LogP contribution < -0.4 is 0 Å². The summed E-state index contributed by atoms with van der Waals surface area (Å²) in [5.74, 6) is 1.11. The molecule has 0 amide bonds. The number of rotatable bonds is 4. The molecule has 5 nitrogen and oxygen atoms in total. The Morgan fingerprint density at radius 3 is 2.48 bits per heavy atom. The van der Waals surface area contributed by atoms with Gasteiger partial charge in [0.2, 0.25) is 11.8 Å². The Kier molecular flexibility index (Phi) is 3.96. The summed E-state index contributed by atoms with van der Waals surface area (Å²) >= 11 is 1.49. The van der Waals surface area contributed by atoms with E-state index in [4.69, 9.17) is 4.42 Å². The summed E-state index contributed by atoms with van der Waals surface area (Å²) < 4.78 is 5.74. The highest BCUT2D eigenvalue weighted by Crippen LogP contribution is 2.32. The molecule has 0 saturated carbocycles. The monoisotopic (exact) mass is 298 g/mol. The number of nitrogens with zero attached hydrogens (tertiary/aromatic N) is 4. The molecule has 3 aromatic rings. The van der Waals surface area contributed by atoms with Gasteiger partial charge in [-0.2, -0.15) is 0 Å². The molecule has 0 aliphatic rings. The van der Waals surface area contributed by atoms with Crippen LogP contribution in [0.5, 0.6) is 0 Å². The summed E-state index contributed by atoms with van der Waals surface area (Å²) in [6.07, 6.45) is 3.43. The summed E-state index contributed by atoms with van der Waals surface area (Å²) in [7, 11) is 0. The summed E-state index contributed by atoms with van der Waals surface area (Å²) in [6, 6.07) is 9.79. The number of hydrogen-bond donors (Lipinski definition) is 0. The molecular formula is C15H14N4OS. The zero-order valence-corrected chi connectivity index (χ0v) is 12.5. The van der Waals surface area contributed by atoms with Gasteiger partial charge >= 0.3 is 0 Å². The van der Waals surface area contributed by atoms with E-state index in [0.29, 0.717) is 16.9 Å². The average molecular weight is 298 g/mol. The molecule has 1 atom stereocenters. The minimum Gasteiger partial charge on any atom is -0.419 e. The van der Waals surface area contributed by atoms with Crippen molar-refractivity contribution in [3.05, 3.63) is 54.2 Å². The van der Waals surface area contributed by atoms with E-state index in [1.165, 1.54) is 17.3 Å². The van der Waals surface area contributed by atoms with Crippen LogP contribution in [0, 0.1) is 6.92 Å². The van der Waals surface area contributed by atoms with E-state index < -0.39 is 0 Å². The molecule has 0 unspecified atom stereocenters. The van der Waals surface area contributed by atoms with E-state index in [9.17, 15) is 0 Å². The Balaban J connectivity index is 1.76. The van der Waals surface area contributed by atoms with Crippen molar-refractivity contribution in [1.82, 2.24) is 20.2 Å². The molecule has 2 aromatic heterocycles. The standard InChI is InChI=1S/C15H14N4OS/c1-10-4-6-12(7-5-10)14-19-18-13(20-14)11(2)21-15-16-8-3-9-17-15/h3-9,11H,1-2H3/t11-/m0/s1. The van der Waals surface area contributed by atoms with Crippen LogP contribution >= 0.6 is 11.8 Å². The van der Waals surface area contributed by atoms with Gasteiger partial charge in [0.25, 0.3) is 0 Å². The maximum absolute atomic E-state index is 5.74. The van der Waals surface area contributed by atoms with Gasteiger partial charge in [0.15, 0.2) is 5.16 Å². The highest BCUT2D eigenvalue weighted by atomic mass is 32.2. The number of hydrogen-bond acceptors (Lipinski definition) is 6. The first-order chi connectivity index (χ1) is 10.2. The van der Waals surface area contributed by atoms with Crippen LogP contribution in [0.25, 0.3) is 11.5 Å². The van der Waals surface area contributed by atoms with Crippen LogP contribution in [0.2, 0.25) is 0 Å². The topological polar surface area (TPSA) is 64.7 Å². The lowest BCUT2D eigenvalue weighted by atomic mass is 10.1. The third kappa shape index (κ3) is 3.28. The SMILES string of the molecule is Cc1ccc(-c2nnc([C@H](C)Sc3ncccn3)o2)cc1. The van der Waals surface area contributed by atoms with Gasteiger partial charge in [0.1, 0.15) is 0 Å². The fourth-order valence-electron chi connectivity index (χ4n) is 1.77. The fourth-order valence-corrected chi connectivity index (χ4v) is 2.52. The van der Waals surface area contributed by atoms with Gasteiger partial charge < -0.3 is 4.42 Å². The Morgan fingerprint density at radius 1 is 1.05 bits per heavy atom. The molecule has 21 heavy (non-hydrogen) atoms. The Hall–Kier alpha value is -2.21. The average Bonchev–Trinajstić information content (AvgIpc) is 2.99. The second-order valence-electron chi connectivity index (χ2n) is 4.60. The lowest BCUT2D eigenvalue weighted by Crippen LogP contribution is -1.91. The zero-order valence-electron chi connectivity index (χ0n) is 11.7. The molecular weight excluding hydrogens is 284 g/mol. The third-order valence-electron chi connectivity index (χ3n) is 2.91. The van der Waals surface area contributed by atoms with Crippen molar-refractivity contribution in [2.75, 3.05) is 0 Å². The molecule has 0 radical (unpaired) electrons. The van der Waals surface area contributed by atoms with Gasteiger partial charge in [-0.1, -0.05) is 29.5 Å². The van der Waals surface area contributed by atoms with Gasteiger partial charge in [-0.05, 0) is 32.0 Å². The predicted molar refractivity (Wildman–Crippen MR) is 80.8 cm³/mol. The van der Waals surface area contributed by atoms with Crippen molar-refractivity contribution >= 4 is 11.8 Å². The van der Waals surface area contributed by atoms with E-state index in [0.717, 1.165) is 5.56 Å². The molecule has 0 N–H and O–H groups in total. The molecule has 1 aromatic carbocycles. The quantitative estimate of drug-likeness (QED) is 0.540. The Morgan fingerprint density at radius 2 is 1.76 bits per heavy atom. The first-order valence-corrected chi connectivity index (χ1v) is 7.44. The largest absolute Gasteiger partial charge is 0.419 e. The minimum atomic E-state index is -0.000835. The van der Waals surface area contributed by atoms with E-state index in [1.54, 1.807) is 18.5 Å². The Bertz CT molecular complexity index is 712. The van der Waals surface area contributed by atoms with E-state index in [2.05, 4.69) is 20.2 Å². The number of benzene rings is 1. The van der Waals surface area contributed by atoms with Gasteiger partial charge in [0.05, 0.1) is 5.25 Å². The van der Waals surface area contributed by atoms with Crippen molar-refractivity contribution < 1.29 is 4.42 Å². The van der Waals surface area contributed by atoms with Crippen molar-refractivity contribution in [1.29, 1.82) is 0 Å². The summed E-state index contributed by atoms with van der Waals surface area (Å²) in [5, 5.41) is 8.92. The molecule has 2 heterocycles. The number of aryl methyl sites for hydroxylation is 1. The first kappa shape index (κ1) is 13.8. The minimum absolute atomic E-state index is 0.000835. The predicted octanol–water partition coefficient (Wildman–Crippen LogP) is 3.69. The highest BCUT2D eigenvalue weighted by molar-refractivity contribution is 7.99. The molecule has 0 aliphatic carbocycles. The van der Waals surface area contributed by atoms with E-state index in [-0.39, 0.29) is 5.25 Å². The lowest BCUT2D eigenvalue weighted by Gasteiger charge is -2.04.